The van der Waals surface area contributed by atoms with Gasteiger partial charge in [0.15, 0.2) is 26.1 Å². The zero-order valence-corrected chi connectivity index (χ0v) is 12.6. The van der Waals surface area contributed by atoms with E-state index in [0.717, 1.165) is 12.1 Å². The molecule has 1 rings (SSSR count). The van der Waals surface area contributed by atoms with E-state index >= 15 is 0 Å². The lowest BCUT2D eigenvalue weighted by molar-refractivity contribution is -0.153. The smallest absolute Gasteiger partial charge is 0.410 e. The van der Waals surface area contributed by atoms with Gasteiger partial charge in [0, 0.05) is 0 Å². The summed E-state index contributed by atoms with van der Waals surface area (Å²) in [5.74, 6) is -2.09. The highest BCUT2D eigenvalue weighted by Crippen LogP contribution is 2.45. The Bertz CT molecular complexity index is 794. The van der Waals surface area contributed by atoms with Gasteiger partial charge in [-0.2, -0.15) is 18.4 Å². The van der Waals surface area contributed by atoms with Gasteiger partial charge in [-0.25, -0.2) is 13.2 Å². The molecule has 0 saturated heterocycles. The van der Waals surface area contributed by atoms with Gasteiger partial charge in [0.1, 0.15) is 11.0 Å². The van der Waals surface area contributed by atoms with Crippen LogP contribution in [0.4, 0.5) is 18.0 Å². The Morgan fingerprint density at radius 1 is 1.35 bits per heavy atom. The zero-order chi connectivity index (χ0) is 18.2. The summed E-state index contributed by atoms with van der Waals surface area (Å²) in [4.78, 5) is 9.40. The van der Waals surface area contributed by atoms with E-state index in [0.29, 0.717) is 13.8 Å². The number of benzene rings is 1. The van der Waals surface area contributed by atoms with Crippen LogP contribution in [0.15, 0.2) is 17.0 Å². The van der Waals surface area contributed by atoms with Gasteiger partial charge in [-0.1, -0.05) is 0 Å². The number of phenolic OH excluding ortho intramolecular Hbond substituents is 1. The predicted molar refractivity (Wildman–Crippen MR) is 70.4 cm³/mol. The van der Waals surface area contributed by atoms with Crippen LogP contribution in [-0.2, 0) is 9.84 Å². The van der Waals surface area contributed by atoms with Crippen LogP contribution in [-0.4, -0.2) is 30.5 Å². The molecule has 3 N–H and O–H groups in total. The fourth-order valence-electron chi connectivity index (χ4n) is 1.51. The molecule has 0 heterocycles. The fourth-order valence-corrected chi connectivity index (χ4v) is 3.08. The lowest BCUT2D eigenvalue weighted by Gasteiger charge is -2.28. The van der Waals surface area contributed by atoms with Gasteiger partial charge in [0.25, 0.3) is 0 Å². The third kappa shape index (κ3) is 3.02. The quantitative estimate of drug-likeness (QED) is 0.853. The first-order valence-electron chi connectivity index (χ1n) is 5.82. The molecule has 1 amide bonds. The van der Waals surface area contributed by atoms with Crippen molar-refractivity contribution >= 4 is 15.9 Å². The van der Waals surface area contributed by atoms with E-state index in [9.17, 15) is 31.5 Å². The average Bonchev–Trinajstić information content (AvgIpc) is 2.38. The number of halogens is 3. The topological polar surface area (TPSA) is 130 Å². The maximum atomic E-state index is 13.0. The number of nitrogens with two attached hydrogens (primary N) is 1. The van der Waals surface area contributed by atoms with E-state index in [1.807, 2.05) is 0 Å². The van der Waals surface area contributed by atoms with Gasteiger partial charge >= 0.3 is 12.3 Å². The summed E-state index contributed by atoms with van der Waals surface area (Å²) in [6.07, 6.45) is -6.62. The molecular weight excluding hydrogens is 341 g/mol. The van der Waals surface area contributed by atoms with Crippen molar-refractivity contribution in [3.05, 3.63) is 17.7 Å². The van der Waals surface area contributed by atoms with Gasteiger partial charge in [-0.3, -0.25) is 0 Å². The number of alkyl halides is 3. The van der Waals surface area contributed by atoms with Crippen molar-refractivity contribution in [1.29, 1.82) is 5.26 Å². The second-order valence-corrected chi connectivity index (χ2v) is 7.27. The molecule has 0 radical (unpaired) electrons. The first-order chi connectivity index (χ1) is 10.3. The summed E-state index contributed by atoms with van der Waals surface area (Å²) < 4.78 is 64.8. The van der Waals surface area contributed by atoms with Gasteiger partial charge < -0.3 is 15.6 Å². The maximum absolute atomic E-state index is 13.0. The molecule has 0 bridgehead atoms. The SMILES string of the molecule is CC(C)(C(F)(F)F)S(=O)(=O)c1c(C#N)ccc(OC(N)=O)c1O. The molecular formula is C12H11F3N2O5S. The average molecular weight is 352 g/mol. The molecule has 1 aromatic rings. The third-order valence-corrected chi connectivity index (χ3v) is 5.57. The van der Waals surface area contributed by atoms with Crippen molar-refractivity contribution in [2.75, 3.05) is 0 Å². The molecule has 0 fully saturated rings. The van der Waals surface area contributed by atoms with Crippen molar-refractivity contribution in [3.63, 3.8) is 0 Å². The lowest BCUT2D eigenvalue weighted by atomic mass is 10.2. The van der Waals surface area contributed by atoms with Crippen LogP contribution in [0.3, 0.4) is 0 Å². The van der Waals surface area contributed by atoms with Crippen molar-refractivity contribution in [3.8, 4) is 17.6 Å². The second-order valence-electron chi connectivity index (χ2n) is 4.83. The van der Waals surface area contributed by atoms with Crippen LogP contribution in [0, 0.1) is 11.3 Å². The Labute approximate surface area is 129 Å². The number of nitrogens with zero attached hydrogens (tertiary/aromatic N) is 1. The van der Waals surface area contributed by atoms with Crippen LogP contribution in [0.25, 0.3) is 0 Å². The van der Waals surface area contributed by atoms with Crippen LogP contribution in [0.1, 0.15) is 19.4 Å². The first kappa shape index (κ1) is 18.6. The number of aromatic hydroxyl groups is 1. The number of primary amides is 1. The largest absolute Gasteiger partial charge is 0.503 e. The van der Waals surface area contributed by atoms with Gasteiger partial charge in [-0.15, -0.1) is 0 Å². The molecule has 0 aliphatic rings. The van der Waals surface area contributed by atoms with E-state index in [1.54, 1.807) is 0 Å². The van der Waals surface area contributed by atoms with Crippen molar-refractivity contribution in [1.82, 2.24) is 0 Å². The highest BCUT2D eigenvalue weighted by Gasteiger charge is 2.58. The van der Waals surface area contributed by atoms with Crippen LogP contribution < -0.4 is 10.5 Å². The monoisotopic (exact) mass is 352 g/mol. The molecule has 0 saturated carbocycles. The maximum Gasteiger partial charge on any atom is 0.410 e. The Hall–Kier alpha value is -2.48. The number of hydrogen-bond acceptors (Lipinski definition) is 6. The highest BCUT2D eigenvalue weighted by molar-refractivity contribution is 7.93. The number of amides is 1. The molecule has 23 heavy (non-hydrogen) atoms. The van der Waals surface area contributed by atoms with Gasteiger partial charge in [0.05, 0.1) is 5.56 Å². The third-order valence-electron chi connectivity index (χ3n) is 3.05. The minimum absolute atomic E-state index is 0.380. The molecule has 0 spiro atoms. The summed E-state index contributed by atoms with van der Waals surface area (Å²) in [5.41, 5.74) is 3.97. The van der Waals surface area contributed by atoms with Gasteiger partial charge in [-0.05, 0) is 26.0 Å². The summed E-state index contributed by atoms with van der Waals surface area (Å²) in [7, 11) is -5.26. The van der Waals surface area contributed by atoms with E-state index in [-0.39, 0.29) is 0 Å². The summed E-state index contributed by atoms with van der Waals surface area (Å²) in [6.45, 7) is 0.759. The number of nitriles is 1. The van der Waals surface area contributed by atoms with E-state index in [2.05, 4.69) is 4.74 Å². The van der Waals surface area contributed by atoms with E-state index in [4.69, 9.17) is 11.0 Å². The lowest BCUT2D eigenvalue weighted by Crippen LogP contribution is -2.46. The molecule has 11 heteroatoms. The Morgan fingerprint density at radius 2 is 1.87 bits per heavy atom. The summed E-state index contributed by atoms with van der Waals surface area (Å²) in [6, 6.07) is 2.99. The number of hydrogen-bond donors (Lipinski definition) is 2. The zero-order valence-electron chi connectivity index (χ0n) is 11.8. The number of ether oxygens (including phenoxy) is 1. The molecule has 0 aliphatic heterocycles. The number of phenols is 1. The summed E-state index contributed by atoms with van der Waals surface area (Å²) >= 11 is 0. The summed E-state index contributed by atoms with van der Waals surface area (Å²) in [5, 5.41) is 18.8. The van der Waals surface area contributed by atoms with Crippen molar-refractivity contribution in [2.24, 2.45) is 5.73 Å². The van der Waals surface area contributed by atoms with Crippen molar-refractivity contribution < 1.29 is 36.2 Å². The molecule has 0 aromatic heterocycles. The highest BCUT2D eigenvalue weighted by atomic mass is 32.2. The van der Waals surface area contributed by atoms with Crippen LogP contribution >= 0.6 is 0 Å². The standard InChI is InChI=1S/C12H11F3N2O5S/c1-11(2,12(13,14)15)23(20,21)9-6(5-16)3-4-7(8(9)18)22-10(17)19/h3-4,18H,1-2H3,(H2,17,19). The van der Waals surface area contributed by atoms with Gasteiger partial charge in [0.2, 0.25) is 0 Å². The normalized spacial score (nSPS) is 12.5. The molecule has 0 unspecified atom stereocenters. The molecule has 0 atom stereocenters. The molecule has 1 aromatic carbocycles. The molecule has 0 aliphatic carbocycles. The van der Waals surface area contributed by atoms with E-state index < -0.39 is 48.8 Å². The Morgan fingerprint density at radius 3 is 2.26 bits per heavy atom. The number of carbonyl (C=O) groups excluding carboxylic acids is 1. The van der Waals surface area contributed by atoms with Crippen LogP contribution in [0.5, 0.6) is 11.5 Å². The number of carbonyl (C=O) groups is 1. The fraction of sp³-hybridized carbons (Fsp3) is 0.333. The van der Waals surface area contributed by atoms with Crippen molar-refractivity contribution in [2.45, 2.75) is 29.7 Å². The molecule has 7 nitrogen and oxygen atoms in total. The number of sulfone groups is 1. The second kappa shape index (κ2) is 5.62. The number of rotatable bonds is 3. The molecule has 126 valence electrons. The Balaban J connectivity index is 3.77. The minimum atomic E-state index is -5.26. The van der Waals surface area contributed by atoms with E-state index in [1.165, 1.54) is 6.07 Å². The predicted octanol–water partition coefficient (Wildman–Crippen LogP) is 1.84. The Kier molecular flexibility index (Phi) is 4.54. The minimum Gasteiger partial charge on any atom is -0.503 e. The first-order valence-corrected chi connectivity index (χ1v) is 7.30. The van der Waals surface area contributed by atoms with Crippen LogP contribution in [0.2, 0.25) is 0 Å².